The van der Waals surface area contributed by atoms with Crippen LogP contribution in [-0.2, 0) is 9.59 Å². The van der Waals surface area contributed by atoms with Crippen LogP contribution in [0.5, 0.6) is 0 Å². The summed E-state index contributed by atoms with van der Waals surface area (Å²) in [6, 6.07) is -0.155. The molecule has 1 unspecified atom stereocenters. The molecule has 1 atom stereocenters. The molecule has 0 radical (unpaired) electrons. The van der Waals surface area contributed by atoms with Gasteiger partial charge in [0.1, 0.15) is 6.04 Å². The number of aliphatic carboxylic acids is 1. The van der Waals surface area contributed by atoms with Crippen LogP contribution in [0.25, 0.3) is 0 Å². The summed E-state index contributed by atoms with van der Waals surface area (Å²) in [5, 5.41) is 12.2. The number of carboxylic acids is 1. The van der Waals surface area contributed by atoms with Crippen molar-refractivity contribution in [1.29, 1.82) is 0 Å². The Morgan fingerprint density at radius 3 is 2.53 bits per heavy atom. The van der Waals surface area contributed by atoms with Crippen LogP contribution >= 0.6 is 0 Å². The van der Waals surface area contributed by atoms with E-state index in [1.807, 2.05) is 0 Å². The van der Waals surface area contributed by atoms with Crippen molar-refractivity contribution in [3.63, 3.8) is 0 Å². The van der Waals surface area contributed by atoms with Gasteiger partial charge in [-0.2, -0.15) is 0 Å². The molecule has 0 aromatic rings. The standard InChI is InChI=1S/C12H20N2O3/c15-11(8-13-9-4-1-2-5-9)14-7-3-6-10(14)12(16)17/h9-10,13H,1-8H2,(H,16,17). The maximum atomic E-state index is 11.9. The van der Waals surface area contributed by atoms with E-state index >= 15 is 0 Å². The second kappa shape index (κ2) is 5.49. The van der Waals surface area contributed by atoms with Gasteiger partial charge in [0, 0.05) is 12.6 Å². The molecule has 0 aromatic carbocycles. The van der Waals surface area contributed by atoms with Crippen LogP contribution < -0.4 is 5.32 Å². The van der Waals surface area contributed by atoms with Crippen molar-refractivity contribution >= 4 is 11.9 Å². The number of carboxylic acid groups (broad SMARTS) is 1. The van der Waals surface area contributed by atoms with Gasteiger partial charge in [-0.1, -0.05) is 12.8 Å². The van der Waals surface area contributed by atoms with Gasteiger partial charge in [-0.05, 0) is 25.7 Å². The minimum Gasteiger partial charge on any atom is -0.480 e. The highest BCUT2D eigenvalue weighted by Crippen LogP contribution is 2.19. The van der Waals surface area contributed by atoms with Crippen molar-refractivity contribution in [3.8, 4) is 0 Å². The fraction of sp³-hybridized carbons (Fsp3) is 0.833. The lowest BCUT2D eigenvalue weighted by molar-refractivity contribution is -0.147. The molecule has 2 aliphatic rings. The summed E-state index contributed by atoms with van der Waals surface area (Å²) in [4.78, 5) is 24.4. The topological polar surface area (TPSA) is 69.6 Å². The number of likely N-dealkylation sites (tertiary alicyclic amines) is 1. The summed E-state index contributed by atoms with van der Waals surface area (Å²) < 4.78 is 0. The lowest BCUT2D eigenvalue weighted by Gasteiger charge is -2.22. The van der Waals surface area contributed by atoms with Crippen LogP contribution in [0.4, 0.5) is 0 Å². The molecule has 2 N–H and O–H groups in total. The highest BCUT2D eigenvalue weighted by molar-refractivity contribution is 5.85. The second-order valence-electron chi connectivity index (χ2n) is 4.95. The van der Waals surface area contributed by atoms with Gasteiger partial charge in [-0.25, -0.2) is 4.79 Å². The molecule has 1 aliphatic carbocycles. The molecule has 96 valence electrons. The zero-order valence-corrected chi connectivity index (χ0v) is 10.0. The van der Waals surface area contributed by atoms with Gasteiger partial charge in [0.15, 0.2) is 0 Å². The van der Waals surface area contributed by atoms with E-state index in [4.69, 9.17) is 5.11 Å². The first kappa shape index (κ1) is 12.4. The van der Waals surface area contributed by atoms with E-state index in [0.29, 0.717) is 19.0 Å². The first-order chi connectivity index (χ1) is 8.18. The van der Waals surface area contributed by atoms with E-state index < -0.39 is 12.0 Å². The normalized spacial score (nSPS) is 25.4. The number of carbonyl (C=O) groups is 2. The van der Waals surface area contributed by atoms with Gasteiger partial charge in [0.2, 0.25) is 5.91 Å². The van der Waals surface area contributed by atoms with Crippen LogP contribution in [-0.4, -0.2) is 47.1 Å². The molecule has 0 spiro atoms. The highest BCUT2D eigenvalue weighted by atomic mass is 16.4. The smallest absolute Gasteiger partial charge is 0.326 e. The van der Waals surface area contributed by atoms with Crippen LogP contribution in [0.1, 0.15) is 38.5 Å². The monoisotopic (exact) mass is 240 g/mol. The number of carbonyl (C=O) groups excluding carboxylic acids is 1. The van der Waals surface area contributed by atoms with E-state index in [2.05, 4.69) is 5.32 Å². The maximum Gasteiger partial charge on any atom is 0.326 e. The molecular formula is C12H20N2O3. The average molecular weight is 240 g/mol. The molecule has 1 saturated heterocycles. The van der Waals surface area contributed by atoms with Crippen molar-refractivity contribution in [1.82, 2.24) is 10.2 Å². The maximum absolute atomic E-state index is 11.9. The number of amides is 1. The van der Waals surface area contributed by atoms with Crippen LogP contribution in [0.2, 0.25) is 0 Å². The van der Waals surface area contributed by atoms with E-state index in [-0.39, 0.29) is 12.5 Å². The Kier molecular flexibility index (Phi) is 3.99. The quantitative estimate of drug-likeness (QED) is 0.754. The molecule has 2 rings (SSSR count). The number of hydrogen-bond donors (Lipinski definition) is 2. The Hall–Kier alpha value is -1.10. The summed E-state index contributed by atoms with van der Waals surface area (Å²) in [5.41, 5.74) is 0. The predicted octanol–water partition coefficient (Wildman–Crippen LogP) is 0.594. The molecule has 1 amide bonds. The second-order valence-corrected chi connectivity index (χ2v) is 4.95. The fourth-order valence-electron chi connectivity index (χ4n) is 2.79. The Labute approximate surface area is 101 Å². The lowest BCUT2D eigenvalue weighted by atomic mass is 10.2. The zero-order valence-electron chi connectivity index (χ0n) is 10.0. The van der Waals surface area contributed by atoms with Crippen molar-refractivity contribution in [2.45, 2.75) is 50.6 Å². The first-order valence-corrected chi connectivity index (χ1v) is 6.44. The minimum absolute atomic E-state index is 0.0678. The summed E-state index contributed by atoms with van der Waals surface area (Å²) in [5.74, 6) is -0.946. The summed E-state index contributed by atoms with van der Waals surface area (Å²) in [6.07, 6.45) is 6.11. The summed E-state index contributed by atoms with van der Waals surface area (Å²) in [6.45, 7) is 0.872. The Balaban J connectivity index is 1.80. The molecule has 5 nitrogen and oxygen atoms in total. The molecule has 1 saturated carbocycles. The van der Waals surface area contributed by atoms with Crippen molar-refractivity contribution in [2.24, 2.45) is 0 Å². The lowest BCUT2D eigenvalue weighted by Crippen LogP contribution is -2.45. The van der Waals surface area contributed by atoms with Crippen molar-refractivity contribution in [2.75, 3.05) is 13.1 Å². The predicted molar refractivity (Wildman–Crippen MR) is 62.6 cm³/mol. The first-order valence-electron chi connectivity index (χ1n) is 6.44. The molecule has 5 heteroatoms. The Morgan fingerprint density at radius 1 is 1.18 bits per heavy atom. The molecule has 1 heterocycles. The third-order valence-electron chi connectivity index (χ3n) is 3.76. The third kappa shape index (κ3) is 2.97. The largest absolute Gasteiger partial charge is 0.480 e. The van der Waals surface area contributed by atoms with Crippen LogP contribution in [0, 0.1) is 0 Å². The minimum atomic E-state index is -0.878. The average Bonchev–Trinajstić information content (AvgIpc) is 2.96. The third-order valence-corrected chi connectivity index (χ3v) is 3.76. The molecular weight excluding hydrogens is 220 g/mol. The molecule has 0 bridgehead atoms. The van der Waals surface area contributed by atoms with Gasteiger partial charge >= 0.3 is 5.97 Å². The number of hydrogen-bond acceptors (Lipinski definition) is 3. The molecule has 1 aliphatic heterocycles. The Bertz CT molecular complexity index is 300. The van der Waals surface area contributed by atoms with E-state index in [1.165, 1.54) is 17.7 Å². The van der Waals surface area contributed by atoms with Crippen molar-refractivity contribution in [3.05, 3.63) is 0 Å². The van der Waals surface area contributed by atoms with Crippen LogP contribution in [0.15, 0.2) is 0 Å². The molecule has 2 fully saturated rings. The van der Waals surface area contributed by atoms with E-state index in [1.54, 1.807) is 0 Å². The van der Waals surface area contributed by atoms with Gasteiger partial charge in [-0.3, -0.25) is 4.79 Å². The SMILES string of the molecule is O=C(O)C1CCCN1C(=O)CNC1CCCC1. The zero-order chi connectivity index (χ0) is 12.3. The van der Waals surface area contributed by atoms with Crippen LogP contribution in [0.3, 0.4) is 0 Å². The van der Waals surface area contributed by atoms with Gasteiger partial charge in [0.05, 0.1) is 6.54 Å². The van der Waals surface area contributed by atoms with Gasteiger partial charge in [0.25, 0.3) is 0 Å². The fourth-order valence-corrected chi connectivity index (χ4v) is 2.79. The van der Waals surface area contributed by atoms with E-state index in [0.717, 1.165) is 19.3 Å². The number of nitrogens with one attached hydrogen (secondary N) is 1. The summed E-state index contributed by atoms with van der Waals surface area (Å²) >= 11 is 0. The van der Waals surface area contributed by atoms with Gasteiger partial charge in [-0.15, -0.1) is 0 Å². The number of nitrogens with zero attached hydrogens (tertiary/aromatic N) is 1. The summed E-state index contributed by atoms with van der Waals surface area (Å²) in [7, 11) is 0. The van der Waals surface area contributed by atoms with Crippen molar-refractivity contribution < 1.29 is 14.7 Å². The van der Waals surface area contributed by atoms with Gasteiger partial charge < -0.3 is 15.3 Å². The Morgan fingerprint density at radius 2 is 1.88 bits per heavy atom. The van der Waals surface area contributed by atoms with E-state index in [9.17, 15) is 9.59 Å². The molecule has 17 heavy (non-hydrogen) atoms. The molecule has 0 aromatic heterocycles. The number of rotatable bonds is 4. The highest BCUT2D eigenvalue weighted by Gasteiger charge is 2.33.